The molecule has 0 aromatic carbocycles. The Balaban J connectivity index is 2.20. The highest BCUT2D eigenvalue weighted by Gasteiger charge is 2.26. The lowest BCUT2D eigenvalue weighted by molar-refractivity contribution is -0.149. The largest absolute Gasteiger partial charge is 0.466 e. The van der Waals surface area contributed by atoms with Crippen molar-refractivity contribution in [3.63, 3.8) is 0 Å². The van der Waals surface area contributed by atoms with Gasteiger partial charge in [-0.05, 0) is 39.5 Å². The summed E-state index contributed by atoms with van der Waals surface area (Å²) in [6, 6.07) is 0.445. The maximum atomic E-state index is 11.5. The number of esters is 1. The maximum absolute atomic E-state index is 11.5. The molecule has 2 N–H and O–H groups in total. The number of hydrogen-bond donors (Lipinski definition) is 2. The number of aliphatic hydroxyl groups is 1. The summed E-state index contributed by atoms with van der Waals surface area (Å²) >= 11 is 0. The molecule has 4 nitrogen and oxygen atoms in total. The van der Waals surface area contributed by atoms with Crippen LogP contribution in [0.25, 0.3) is 0 Å². The highest BCUT2D eigenvalue weighted by atomic mass is 16.5. The fourth-order valence-electron chi connectivity index (χ4n) is 2.13. The molecule has 0 aliphatic heterocycles. The van der Waals surface area contributed by atoms with E-state index < -0.39 is 0 Å². The molecule has 1 unspecified atom stereocenters. The van der Waals surface area contributed by atoms with Crippen LogP contribution in [0, 0.1) is 5.92 Å². The SMILES string of the molecule is CCOC(=O)C1CCC(NCC(C)O)CC1. The normalized spacial score (nSPS) is 27.4. The Morgan fingerprint density at radius 2 is 2.06 bits per heavy atom. The summed E-state index contributed by atoms with van der Waals surface area (Å²) in [4.78, 5) is 11.5. The van der Waals surface area contributed by atoms with Crippen molar-refractivity contribution in [2.75, 3.05) is 13.2 Å². The molecule has 0 amide bonds. The van der Waals surface area contributed by atoms with Gasteiger partial charge in [0.05, 0.1) is 18.6 Å². The van der Waals surface area contributed by atoms with Crippen molar-refractivity contribution in [1.82, 2.24) is 5.32 Å². The van der Waals surface area contributed by atoms with Crippen LogP contribution >= 0.6 is 0 Å². The van der Waals surface area contributed by atoms with Crippen molar-refractivity contribution in [3.8, 4) is 0 Å². The molecule has 1 aliphatic rings. The minimum atomic E-state index is -0.303. The van der Waals surface area contributed by atoms with E-state index in [4.69, 9.17) is 9.84 Å². The Morgan fingerprint density at radius 1 is 1.44 bits per heavy atom. The molecule has 0 heterocycles. The summed E-state index contributed by atoms with van der Waals surface area (Å²) in [7, 11) is 0. The molecule has 1 saturated carbocycles. The van der Waals surface area contributed by atoms with Crippen LogP contribution in [0.2, 0.25) is 0 Å². The van der Waals surface area contributed by atoms with Crippen molar-refractivity contribution in [2.45, 2.75) is 51.7 Å². The van der Waals surface area contributed by atoms with E-state index in [9.17, 15) is 4.79 Å². The zero-order valence-electron chi connectivity index (χ0n) is 10.2. The topological polar surface area (TPSA) is 58.6 Å². The monoisotopic (exact) mass is 229 g/mol. The fraction of sp³-hybridized carbons (Fsp3) is 0.917. The number of rotatable bonds is 5. The average molecular weight is 229 g/mol. The summed E-state index contributed by atoms with van der Waals surface area (Å²) in [5.41, 5.74) is 0. The predicted molar refractivity (Wildman–Crippen MR) is 62.1 cm³/mol. The minimum absolute atomic E-state index is 0.0449. The number of aliphatic hydroxyl groups excluding tert-OH is 1. The molecule has 1 aliphatic carbocycles. The maximum Gasteiger partial charge on any atom is 0.308 e. The molecule has 94 valence electrons. The van der Waals surface area contributed by atoms with Crippen LogP contribution in [0.5, 0.6) is 0 Å². The Kier molecular flexibility index (Phi) is 5.77. The Bertz CT molecular complexity index is 210. The Hall–Kier alpha value is -0.610. The van der Waals surface area contributed by atoms with Gasteiger partial charge in [0.25, 0.3) is 0 Å². The van der Waals surface area contributed by atoms with Gasteiger partial charge >= 0.3 is 5.97 Å². The molecule has 0 bridgehead atoms. The molecule has 16 heavy (non-hydrogen) atoms. The second kappa shape index (κ2) is 6.86. The lowest BCUT2D eigenvalue weighted by atomic mass is 9.86. The summed E-state index contributed by atoms with van der Waals surface area (Å²) in [5.74, 6) is 0.0426. The van der Waals surface area contributed by atoms with Gasteiger partial charge in [0, 0.05) is 12.6 Å². The zero-order chi connectivity index (χ0) is 12.0. The standard InChI is InChI=1S/C12H23NO3/c1-3-16-12(15)10-4-6-11(7-5-10)13-8-9(2)14/h9-11,13-14H,3-8H2,1-2H3. The highest BCUT2D eigenvalue weighted by Crippen LogP contribution is 2.25. The van der Waals surface area contributed by atoms with E-state index in [2.05, 4.69) is 5.32 Å². The molecular weight excluding hydrogens is 206 g/mol. The molecule has 0 spiro atoms. The summed E-state index contributed by atoms with van der Waals surface area (Å²) in [5, 5.41) is 12.5. The number of carbonyl (C=O) groups is 1. The van der Waals surface area contributed by atoms with Crippen molar-refractivity contribution >= 4 is 5.97 Å². The number of carbonyl (C=O) groups excluding carboxylic acids is 1. The van der Waals surface area contributed by atoms with Crippen molar-refractivity contribution in [3.05, 3.63) is 0 Å². The predicted octanol–water partition coefficient (Wildman–Crippen LogP) is 1.08. The molecule has 4 heteroatoms. The molecule has 1 atom stereocenters. The van der Waals surface area contributed by atoms with Crippen molar-refractivity contribution < 1.29 is 14.6 Å². The van der Waals surface area contributed by atoms with Crippen LogP contribution in [-0.2, 0) is 9.53 Å². The van der Waals surface area contributed by atoms with E-state index in [1.165, 1.54) is 0 Å². The van der Waals surface area contributed by atoms with Crippen LogP contribution in [0.15, 0.2) is 0 Å². The third kappa shape index (κ3) is 4.49. The second-order valence-electron chi connectivity index (χ2n) is 4.56. The minimum Gasteiger partial charge on any atom is -0.466 e. The van der Waals surface area contributed by atoms with Crippen molar-refractivity contribution in [2.24, 2.45) is 5.92 Å². The second-order valence-corrected chi connectivity index (χ2v) is 4.56. The summed E-state index contributed by atoms with van der Waals surface area (Å²) < 4.78 is 5.02. The van der Waals surface area contributed by atoms with Gasteiger partial charge in [-0.1, -0.05) is 0 Å². The van der Waals surface area contributed by atoms with Crippen LogP contribution in [-0.4, -0.2) is 36.4 Å². The molecule has 0 radical (unpaired) electrons. The molecule has 1 rings (SSSR count). The molecular formula is C12H23NO3. The van der Waals surface area contributed by atoms with Gasteiger partial charge in [-0.2, -0.15) is 0 Å². The van der Waals surface area contributed by atoms with Gasteiger partial charge in [0.1, 0.15) is 0 Å². The first-order valence-electron chi connectivity index (χ1n) is 6.21. The van der Waals surface area contributed by atoms with E-state index in [0.717, 1.165) is 25.7 Å². The van der Waals surface area contributed by atoms with Crippen LogP contribution in [0.4, 0.5) is 0 Å². The van der Waals surface area contributed by atoms with Crippen LogP contribution < -0.4 is 5.32 Å². The van der Waals surface area contributed by atoms with E-state index in [1.54, 1.807) is 6.92 Å². The fourth-order valence-corrected chi connectivity index (χ4v) is 2.13. The summed E-state index contributed by atoms with van der Waals surface area (Å²) in [6.07, 6.45) is 3.49. The first-order valence-corrected chi connectivity index (χ1v) is 6.21. The first kappa shape index (κ1) is 13.5. The average Bonchev–Trinajstić information content (AvgIpc) is 2.27. The van der Waals surface area contributed by atoms with E-state index in [0.29, 0.717) is 19.2 Å². The van der Waals surface area contributed by atoms with Crippen LogP contribution in [0.3, 0.4) is 0 Å². The van der Waals surface area contributed by atoms with E-state index >= 15 is 0 Å². The Morgan fingerprint density at radius 3 is 2.56 bits per heavy atom. The van der Waals surface area contributed by atoms with Gasteiger partial charge in [-0.25, -0.2) is 0 Å². The molecule has 0 aromatic heterocycles. The van der Waals surface area contributed by atoms with Crippen molar-refractivity contribution in [1.29, 1.82) is 0 Å². The van der Waals surface area contributed by atoms with E-state index in [1.807, 2.05) is 6.92 Å². The van der Waals surface area contributed by atoms with Gasteiger partial charge in [-0.15, -0.1) is 0 Å². The third-order valence-electron chi connectivity index (χ3n) is 3.05. The first-order chi connectivity index (χ1) is 7.63. The van der Waals surface area contributed by atoms with Crippen LogP contribution in [0.1, 0.15) is 39.5 Å². The quantitative estimate of drug-likeness (QED) is 0.693. The van der Waals surface area contributed by atoms with Gasteiger partial charge < -0.3 is 15.2 Å². The molecule has 0 saturated heterocycles. The number of nitrogens with one attached hydrogen (secondary N) is 1. The Labute approximate surface area is 97.4 Å². The number of hydrogen-bond acceptors (Lipinski definition) is 4. The highest BCUT2D eigenvalue weighted by molar-refractivity contribution is 5.72. The number of ether oxygens (including phenoxy) is 1. The van der Waals surface area contributed by atoms with Gasteiger partial charge in [0.2, 0.25) is 0 Å². The lowest BCUT2D eigenvalue weighted by Gasteiger charge is -2.28. The molecule has 0 aromatic rings. The van der Waals surface area contributed by atoms with Gasteiger partial charge in [0.15, 0.2) is 0 Å². The molecule has 1 fully saturated rings. The van der Waals surface area contributed by atoms with Gasteiger partial charge in [-0.3, -0.25) is 4.79 Å². The van der Waals surface area contributed by atoms with E-state index in [-0.39, 0.29) is 18.0 Å². The third-order valence-corrected chi connectivity index (χ3v) is 3.05. The zero-order valence-corrected chi connectivity index (χ0v) is 10.2. The summed E-state index contributed by atoms with van der Waals surface area (Å²) in [6.45, 7) is 4.72. The smallest absolute Gasteiger partial charge is 0.308 e. The lowest BCUT2D eigenvalue weighted by Crippen LogP contribution is -2.38.